The number of esters is 1. The Balaban J connectivity index is 1.15. The van der Waals surface area contributed by atoms with Crippen molar-refractivity contribution in [3.05, 3.63) is 54.1 Å². The summed E-state index contributed by atoms with van der Waals surface area (Å²) in [5.41, 5.74) is 3.32. The maximum atomic E-state index is 12.9. The molecule has 9 heteroatoms. The number of aromatic nitrogens is 2. The Kier molecular flexibility index (Phi) is 5.47. The molecule has 0 aliphatic carbocycles. The molecule has 0 unspecified atom stereocenters. The minimum atomic E-state index is -0.808. The average Bonchev–Trinajstić information content (AvgIpc) is 3.46. The van der Waals surface area contributed by atoms with Crippen molar-refractivity contribution in [2.75, 3.05) is 6.61 Å². The largest absolute Gasteiger partial charge is 0.459 e. The number of fused-ring (bicyclic) bond motifs is 4. The molecule has 5 atom stereocenters. The summed E-state index contributed by atoms with van der Waals surface area (Å²) in [6.45, 7) is 7.35. The number of rotatable bonds is 4. The minimum Gasteiger partial charge on any atom is -0.459 e. The van der Waals surface area contributed by atoms with Crippen LogP contribution in [0, 0.1) is 0 Å². The predicted octanol–water partition coefficient (Wildman–Crippen LogP) is 3.79. The van der Waals surface area contributed by atoms with Crippen molar-refractivity contribution in [3.8, 4) is 11.4 Å². The number of carbonyl (C=O) groups is 1. The lowest BCUT2D eigenvalue weighted by Gasteiger charge is -2.36. The van der Waals surface area contributed by atoms with E-state index in [-0.39, 0.29) is 6.61 Å². The average molecular weight is 495 g/mol. The van der Waals surface area contributed by atoms with Gasteiger partial charge in [0, 0.05) is 12.6 Å². The number of benzene rings is 2. The normalized spacial score (nSPS) is 30.2. The van der Waals surface area contributed by atoms with E-state index in [2.05, 4.69) is 0 Å². The molecule has 4 heterocycles. The SMILES string of the molecule is Cn1c(-c2ccc(C(=O)OC[C@H]3O[C@@H]4OC(C)(C)O[C@@H]4[C@H]4OC(C)(C)O[C@H]43)cc2)nc2ccccc21. The Labute approximate surface area is 209 Å². The highest BCUT2D eigenvalue weighted by atomic mass is 16.9. The van der Waals surface area contributed by atoms with Gasteiger partial charge in [-0.25, -0.2) is 9.78 Å². The van der Waals surface area contributed by atoms with Crippen LogP contribution in [-0.2, 0) is 35.5 Å². The molecule has 3 aromatic rings. The van der Waals surface area contributed by atoms with E-state index in [0.717, 1.165) is 22.4 Å². The molecule has 3 saturated heterocycles. The second-order valence-corrected chi connectivity index (χ2v) is 10.4. The van der Waals surface area contributed by atoms with E-state index < -0.39 is 48.2 Å². The fourth-order valence-corrected chi connectivity index (χ4v) is 5.23. The third-order valence-corrected chi connectivity index (χ3v) is 6.80. The van der Waals surface area contributed by atoms with Crippen LogP contribution in [0.15, 0.2) is 48.5 Å². The maximum Gasteiger partial charge on any atom is 0.338 e. The van der Waals surface area contributed by atoms with Gasteiger partial charge >= 0.3 is 5.97 Å². The van der Waals surface area contributed by atoms with E-state index in [9.17, 15) is 4.79 Å². The van der Waals surface area contributed by atoms with E-state index in [1.165, 1.54) is 0 Å². The zero-order valence-corrected chi connectivity index (χ0v) is 21.0. The van der Waals surface area contributed by atoms with Crippen LogP contribution in [0.1, 0.15) is 38.1 Å². The topological polar surface area (TPSA) is 90.3 Å². The van der Waals surface area contributed by atoms with Crippen LogP contribution in [0.4, 0.5) is 0 Å². The maximum absolute atomic E-state index is 12.9. The molecule has 1 aromatic heterocycles. The summed E-state index contributed by atoms with van der Waals surface area (Å²) in [5, 5.41) is 0. The lowest BCUT2D eigenvalue weighted by atomic mass is 9.99. The molecule has 3 aliphatic heterocycles. The summed E-state index contributed by atoms with van der Waals surface area (Å²) >= 11 is 0. The van der Waals surface area contributed by atoms with Gasteiger partial charge in [0.25, 0.3) is 0 Å². The van der Waals surface area contributed by atoms with Crippen molar-refractivity contribution in [2.45, 2.75) is 70.0 Å². The molecule has 190 valence electrons. The zero-order chi connectivity index (χ0) is 25.2. The lowest BCUT2D eigenvalue weighted by molar-refractivity contribution is -0.240. The van der Waals surface area contributed by atoms with E-state index in [4.69, 9.17) is 33.4 Å². The van der Waals surface area contributed by atoms with Crippen molar-refractivity contribution < 1.29 is 33.2 Å². The minimum absolute atomic E-state index is 0.00104. The quantitative estimate of drug-likeness (QED) is 0.506. The number of para-hydroxylation sites is 2. The first-order valence-corrected chi connectivity index (χ1v) is 12.2. The van der Waals surface area contributed by atoms with Crippen LogP contribution in [0.25, 0.3) is 22.4 Å². The number of imidazole rings is 1. The first-order valence-electron chi connectivity index (χ1n) is 12.2. The zero-order valence-electron chi connectivity index (χ0n) is 21.0. The summed E-state index contributed by atoms with van der Waals surface area (Å²) in [7, 11) is 1.98. The first-order chi connectivity index (χ1) is 17.1. The van der Waals surface area contributed by atoms with Gasteiger partial charge in [0.1, 0.15) is 36.8 Å². The van der Waals surface area contributed by atoms with Crippen LogP contribution in [0.2, 0.25) is 0 Å². The highest BCUT2D eigenvalue weighted by Crippen LogP contribution is 2.44. The molecule has 2 aromatic carbocycles. The van der Waals surface area contributed by atoms with Gasteiger partial charge in [-0.05, 0) is 52.0 Å². The number of nitrogens with zero attached hydrogens (tertiary/aromatic N) is 2. The Hall–Kier alpha value is -2.82. The highest BCUT2D eigenvalue weighted by molar-refractivity contribution is 5.90. The van der Waals surface area contributed by atoms with Crippen LogP contribution < -0.4 is 0 Å². The Bertz CT molecular complexity index is 1300. The van der Waals surface area contributed by atoms with Gasteiger partial charge in [0.05, 0.1) is 16.6 Å². The monoisotopic (exact) mass is 494 g/mol. The standard InChI is InChI=1S/C27H30N2O7/c1-26(2)33-20-19(32-25-22(21(20)34-26)35-27(3,4)36-25)14-31-24(30)16-12-10-15(11-13-16)23-28-17-8-6-7-9-18(17)29(23)5/h6-13,19-22,25H,14H2,1-5H3/t19-,20+,21+,22-,25-/m1/s1. The molecule has 6 rings (SSSR count). The summed E-state index contributed by atoms with van der Waals surface area (Å²) in [6.07, 6.45) is -2.45. The molecule has 0 N–H and O–H groups in total. The molecule has 9 nitrogen and oxygen atoms in total. The van der Waals surface area contributed by atoms with E-state index in [1.807, 2.05) is 75.7 Å². The molecular weight excluding hydrogens is 464 g/mol. The van der Waals surface area contributed by atoms with Crippen LogP contribution in [0.3, 0.4) is 0 Å². The highest BCUT2D eigenvalue weighted by Gasteiger charge is 2.60. The molecule has 36 heavy (non-hydrogen) atoms. The third-order valence-electron chi connectivity index (χ3n) is 6.80. The van der Waals surface area contributed by atoms with Crippen LogP contribution in [0.5, 0.6) is 0 Å². The van der Waals surface area contributed by atoms with Crippen molar-refractivity contribution in [1.29, 1.82) is 0 Å². The summed E-state index contributed by atoms with van der Waals surface area (Å²) in [6, 6.07) is 15.2. The fraction of sp³-hybridized carbons (Fsp3) is 0.481. The smallest absolute Gasteiger partial charge is 0.338 e. The van der Waals surface area contributed by atoms with Gasteiger partial charge < -0.3 is 33.0 Å². The van der Waals surface area contributed by atoms with Crippen molar-refractivity contribution in [3.63, 3.8) is 0 Å². The Morgan fingerprint density at radius 3 is 2.33 bits per heavy atom. The van der Waals surface area contributed by atoms with Crippen molar-refractivity contribution in [2.24, 2.45) is 7.05 Å². The molecule has 3 fully saturated rings. The Morgan fingerprint density at radius 1 is 0.917 bits per heavy atom. The molecule has 3 aliphatic rings. The summed E-state index contributed by atoms with van der Waals surface area (Å²) in [5.74, 6) is -1.23. The van der Waals surface area contributed by atoms with Crippen LogP contribution in [-0.4, -0.2) is 64.4 Å². The number of hydrogen-bond acceptors (Lipinski definition) is 8. The molecule has 0 spiro atoms. The van der Waals surface area contributed by atoms with Crippen molar-refractivity contribution in [1.82, 2.24) is 9.55 Å². The van der Waals surface area contributed by atoms with E-state index in [0.29, 0.717) is 5.56 Å². The molecule has 0 radical (unpaired) electrons. The number of hydrogen-bond donors (Lipinski definition) is 0. The van der Waals surface area contributed by atoms with Crippen molar-refractivity contribution >= 4 is 17.0 Å². The van der Waals surface area contributed by atoms with Gasteiger partial charge in [-0.1, -0.05) is 24.3 Å². The number of ether oxygens (including phenoxy) is 6. The summed E-state index contributed by atoms with van der Waals surface area (Å²) < 4.78 is 37.9. The second kappa shape index (κ2) is 8.36. The van der Waals surface area contributed by atoms with Gasteiger partial charge in [0.15, 0.2) is 17.9 Å². The molecule has 0 amide bonds. The predicted molar refractivity (Wildman–Crippen MR) is 129 cm³/mol. The van der Waals surface area contributed by atoms with Crippen LogP contribution >= 0.6 is 0 Å². The lowest BCUT2D eigenvalue weighted by Crippen LogP contribution is -2.56. The molecule has 0 saturated carbocycles. The fourth-order valence-electron chi connectivity index (χ4n) is 5.23. The van der Waals surface area contributed by atoms with Gasteiger partial charge in [-0.2, -0.15) is 0 Å². The number of aryl methyl sites for hydroxylation is 1. The van der Waals surface area contributed by atoms with Gasteiger partial charge in [-0.15, -0.1) is 0 Å². The molecular formula is C27H30N2O7. The van der Waals surface area contributed by atoms with E-state index in [1.54, 1.807) is 12.1 Å². The van der Waals surface area contributed by atoms with E-state index >= 15 is 0 Å². The first kappa shape index (κ1) is 23.6. The summed E-state index contributed by atoms with van der Waals surface area (Å²) in [4.78, 5) is 17.6. The third kappa shape index (κ3) is 4.10. The Morgan fingerprint density at radius 2 is 1.58 bits per heavy atom. The second-order valence-electron chi connectivity index (χ2n) is 10.4. The number of carbonyl (C=O) groups excluding carboxylic acids is 1. The van der Waals surface area contributed by atoms with Gasteiger partial charge in [-0.3, -0.25) is 0 Å². The molecule has 0 bridgehead atoms. The van der Waals surface area contributed by atoms with Gasteiger partial charge in [0.2, 0.25) is 0 Å².